The van der Waals surface area contributed by atoms with Gasteiger partial charge in [-0.05, 0) is 59.3 Å². The SMILES string of the molecule is CSc1ccc([C@H]2N(Cc3ccc(F)cc3)CCN2Cc2ccc(Cl)cc2)cc1. The second-order valence-electron chi connectivity index (χ2n) is 7.34. The molecule has 1 aliphatic heterocycles. The summed E-state index contributed by atoms with van der Waals surface area (Å²) in [7, 11) is 0. The summed E-state index contributed by atoms with van der Waals surface area (Å²) in [6.45, 7) is 3.62. The first-order valence-electron chi connectivity index (χ1n) is 9.73. The maximum absolute atomic E-state index is 13.3. The van der Waals surface area contributed by atoms with Crippen LogP contribution in [0.3, 0.4) is 0 Å². The molecule has 0 radical (unpaired) electrons. The topological polar surface area (TPSA) is 6.48 Å². The van der Waals surface area contributed by atoms with E-state index in [1.54, 1.807) is 23.9 Å². The lowest BCUT2D eigenvalue weighted by molar-refractivity contribution is 0.126. The average Bonchev–Trinajstić information content (AvgIpc) is 3.13. The number of hydrogen-bond donors (Lipinski definition) is 0. The molecule has 150 valence electrons. The van der Waals surface area contributed by atoms with E-state index in [-0.39, 0.29) is 12.0 Å². The van der Waals surface area contributed by atoms with E-state index in [4.69, 9.17) is 11.6 Å². The quantitative estimate of drug-likeness (QED) is 0.432. The molecule has 29 heavy (non-hydrogen) atoms. The molecule has 0 spiro atoms. The van der Waals surface area contributed by atoms with Gasteiger partial charge in [-0.25, -0.2) is 4.39 Å². The summed E-state index contributed by atoms with van der Waals surface area (Å²) in [5.41, 5.74) is 3.67. The van der Waals surface area contributed by atoms with E-state index in [2.05, 4.69) is 52.5 Å². The predicted octanol–water partition coefficient (Wildman–Crippen LogP) is 6.22. The highest BCUT2D eigenvalue weighted by Crippen LogP contribution is 2.33. The Kier molecular flexibility index (Phi) is 6.56. The minimum atomic E-state index is -0.191. The van der Waals surface area contributed by atoms with Crippen molar-refractivity contribution in [3.8, 4) is 0 Å². The zero-order valence-corrected chi connectivity index (χ0v) is 18.0. The second kappa shape index (κ2) is 9.31. The van der Waals surface area contributed by atoms with E-state index in [0.717, 1.165) is 36.8 Å². The van der Waals surface area contributed by atoms with Crippen LogP contribution in [0.2, 0.25) is 5.02 Å². The second-order valence-corrected chi connectivity index (χ2v) is 8.66. The largest absolute Gasteiger partial charge is 0.279 e. The van der Waals surface area contributed by atoms with E-state index in [1.807, 2.05) is 24.3 Å². The molecule has 1 fully saturated rings. The Morgan fingerprint density at radius 3 is 1.86 bits per heavy atom. The molecule has 3 aromatic rings. The molecule has 0 N–H and O–H groups in total. The summed E-state index contributed by atoms with van der Waals surface area (Å²) < 4.78 is 13.3. The van der Waals surface area contributed by atoms with Gasteiger partial charge < -0.3 is 0 Å². The highest BCUT2D eigenvalue weighted by atomic mass is 35.5. The van der Waals surface area contributed by atoms with Crippen molar-refractivity contribution in [1.82, 2.24) is 9.80 Å². The third kappa shape index (κ3) is 5.01. The lowest BCUT2D eigenvalue weighted by Crippen LogP contribution is -2.30. The van der Waals surface area contributed by atoms with E-state index in [1.165, 1.54) is 16.0 Å². The Morgan fingerprint density at radius 2 is 1.34 bits per heavy atom. The standard InChI is InChI=1S/C24H24ClFN2S/c1-29-23-12-6-20(7-13-23)24-27(16-18-2-8-21(25)9-3-18)14-15-28(24)17-19-4-10-22(26)11-5-19/h2-13,24H,14-17H2,1H3/t24-/m1/s1. The number of halogens is 2. The van der Waals surface area contributed by atoms with Gasteiger partial charge in [0, 0.05) is 36.1 Å². The van der Waals surface area contributed by atoms with Gasteiger partial charge >= 0.3 is 0 Å². The van der Waals surface area contributed by atoms with Crippen LogP contribution in [0.5, 0.6) is 0 Å². The molecule has 0 saturated carbocycles. The van der Waals surface area contributed by atoms with E-state index in [9.17, 15) is 4.39 Å². The molecule has 1 heterocycles. The van der Waals surface area contributed by atoms with Crippen LogP contribution in [-0.4, -0.2) is 29.1 Å². The van der Waals surface area contributed by atoms with Crippen LogP contribution in [0.1, 0.15) is 22.9 Å². The monoisotopic (exact) mass is 426 g/mol. The zero-order valence-electron chi connectivity index (χ0n) is 16.4. The van der Waals surface area contributed by atoms with Gasteiger partial charge in [-0.3, -0.25) is 9.80 Å². The summed E-state index contributed by atoms with van der Waals surface area (Å²) in [5.74, 6) is -0.191. The van der Waals surface area contributed by atoms with Crippen molar-refractivity contribution >= 4 is 23.4 Å². The first-order valence-corrected chi connectivity index (χ1v) is 11.3. The van der Waals surface area contributed by atoms with Crippen LogP contribution in [0.25, 0.3) is 0 Å². The molecule has 1 saturated heterocycles. The molecule has 0 aliphatic carbocycles. The molecule has 1 aliphatic rings. The van der Waals surface area contributed by atoms with E-state index >= 15 is 0 Å². The van der Waals surface area contributed by atoms with Crippen molar-refractivity contribution in [2.24, 2.45) is 0 Å². The predicted molar refractivity (Wildman–Crippen MR) is 120 cm³/mol. The smallest absolute Gasteiger partial charge is 0.123 e. The van der Waals surface area contributed by atoms with Crippen LogP contribution in [-0.2, 0) is 13.1 Å². The third-order valence-electron chi connectivity index (χ3n) is 5.38. The summed E-state index contributed by atoms with van der Waals surface area (Å²) in [6.07, 6.45) is 2.28. The van der Waals surface area contributed by atoms with Gasteiger partial charge in [0.2, 0.25) is 0 Å². The van der Waals surface area contributed by atoms with Crippen molar-refractivity contribution in [2.75, 3.05) is 19.3 Å². The Morgan fingerprint density at radius 1 is 0.828 bits per heavy atom. The van der Waals surface area contributed by atoms with Crippen molar-refractivity contribution in [3.05, 3.63) is 100 Å². The van der Waals surface area contributed by atoms with Gasteiger partial charge in [0.1, 0.15) is 5.82 Å². The van der Waals surface area contributed by atoms with Crippen LogP contribution >= 0.6 is 23.4 Å². The molecule has 0 aromatic heterocycles. The Labute approximate surface area is 181 Å². The lowest BCUT2D eigenvalue weighted by Gasteiger charge is -2.31. The van der Waals surface area contributed by atoms with Crippen molar-refractivity contribution < 1.29 is 4.39 Å². The molecule has 0 unspecified atom stereocenters. The molecule has 2 nitrogen and oxygen atoms in total. The Balaban J connectivity index is 1.59. The van der Waals surface area contributed by atoms with Gasteiger partial charge in [0.25, 0.3) is 0 Å². The fraction of sp³-hybridized carbons (Fsp3) is 0.250. The van der Waals surface area contributed by atoms with Gasteiger partial charge in [-0.1, -0.05) is 48.0 Å². The molecular formula is C24H24ClFN2S. The number of hydrogen-bond acceptors (Lipinski definition) is 3. The first-order chi connectivity index (χ1) is 14.1. The molecule has 0 bridgehead atoms. The highest BCUT2D eigenvalue weighted by molar-refractivity contribution is 7.98. The Hall–Kier alpha value is -1.85. The zero-order chi connectivity index (χ0) is 20.2. The van der Waals surface area contributed by atoms with Crippen molar-refractivity contribution in [3.63, 3.8) is 0 Å². The first kappa shape index (κ1) is 20.4. The molecular weight excluding hydrogens is 403 g/mol. The summed E-state index contributed by atoms with van der Waals surface area (Å²) in [4.78, 5) is 6.24. The number of thioether (sulfide) groups is 1. The molecule has 4 rings (SSSR count). The number of nitrogens with zero attached hydrogens (tertiary/aromatic N) is 2. The fourth-order valence-electron chi connectivity index (χ4n) is 3.91. The summed E-state index contributed by atoms with van der Waals surface area (Å²) >= 11 is 7.81. The van der Waals surface area contributed by atoms with E-state index < -0.39 is 0 Å². The number of benzene rings is 3. The average molecular weight is 427 g/mol. The van der Waals surface area contributed by atoms with Gasteiger partial charge in [-0.15, -0.1) is 11.8 Å². The minimum Gasteiger partial charge on any atom is -0.279 e. The van der Waals surface area contributed by atoms with Crippen LogP contribution < -0.4 is 0 Å². The lowest BCUT2D eigenvalue weighted by atomic mass is 10.1. The van der Waals surface area contributed by atoms with Gasteiger partial charge in [0.15, 0.2) is 0 Å². The molecule has 1 atom stereocenters. The van der Waals surface area contributed by atoms with Crippen molar-refractivity contribution in [2.45, 2.75) is 24.2 Å². The Bertz CT molecular complexity index is 873. The maximum atomic E-state index is 13.3. The highest BCUT2D eigenvalue weighted by Gasteiger charge is 2.33. The minimum absolute atomic E-state index is 0.187. The normalized spacial score (nSPS) is 17.7. The van der Waals surface area contributed by atoms with E-state index in [0.29, 0.717) is 0 Å². The summed E-state index contributed by atoms with van der Waals surface area (Å²) in [6, 6.07) is 23.8. The fourth-order valence-corrected chi connectivity index (χ4v) is 4.44. The van der Waals surface area contributed by atoms with Crippen molar-refractivity contribution in [1.29, 1.82) is 0 Å². The maximum Gasteiger partial charge on any atom is 0.123 e. The van der Waals surface area contributed by atoms with Crippen LogP contribution in [0, 0.1) is 5.82 Å². The summed E-state index contributed by atoms with van der Waals surface area (Å²) in [5, 5.41) is 0.761. The number of rotatable bonds is 6. The van der Waals surface area contributed by atoms with Gasteiger partial charge in [-0.2, -0.15) is 0 Å². The molecule has 3 aromatic carbocycles. The third-order valence-corrected chi connectivity index (χ3v) is 6.37. The molecule has 5 heteroatoms. The molecule has 0 amide bonds. The van der Waals surface area contributed by atoms with Gasteiger partial charge in [0.05, 0.1) is 6.17 Å². The van der Waals surface area contributed by atoms with Crippen LogP contribution in [0.4, 0.5) is 4.39 Å². The van der Waals surface area contributed by atoms with Crippen LogP contribution in [0.15, 0.2) is 77.7 Å².